The zero-order valence-electron chi connectivity index (χ0n) is 11.7. The molecule has 0 aliphatic rings. The summed E-state index contributed by atoms with van der Waals surface area (Å²) >= 11 is 0. The summed E-state index contributed by atoms with van der Waals surface area (Å²) in [5.41, 5.74) is 32.3. The first kappa shape index (κ1) is 19.9. The fourth-order valence-electron chi connectivity index (χ4n) is 1.05. The lowest BCUT2D eigenvalue weighted by Gasteiger charge is -2.26. The van der Waals surface area contributed by atoms with Crippen molar-refractivity contribution in [3.05, 3.63) is 0 Å². The standard InChI is InChI=1S/C9H27N6O4P/c1-2-3-4-5-17-20(16,18-8(14)6(10)11)19-9(15)7(12)13/h6-9H,2-5,10-15H2,1H3. The number of phosphoric ester groups is 1. The third-order valence-corrected chi connectivity index (χ3v) is 3.76. The minimum atomic E-state index is -4.05. The molecule has 2 unspecified atom stereocenters. The van der Waals surface area contributed by atoms with Crippen LogP contribution in [-0.2, 0) is 18.1 Å². The van der Waals surface area contributed by atoms with Crippen molar-refractivity contribution in [2.24, 2.45) is 34.4 Å². The summed E-state index contributed by atoms with van der Waals surface area (Å²) in [6.07, 6.45) is -2.08. The van der Waals surface area contributed by atoms with Gasteiger partial charge in [-0.15, -0.1) is 0 Å². The second-order valence-electron chi connectivity index (χ2n) is 4.28. The van der Waals surface area contributed by atoms with E-state index in [1.54, 1.807) is 0 Å². The summed E-state index contributed by atoms with van der Waals surface area (Å²) in [5.74, 6) is 0. The van der Waals surface area contributed by atoms with Crippen LogP contribution < -0.4 is 34.4 Å². The topological polar surface area (TPSA) is 201 Å². The van der Waals surface area contributed by atoms with Gasteiger partial charge < -0.3 is 34.4 Å². The summed E-state index contributed by atoms with van der Waals surface area (Å²) in [5, 5.41) is 0. The van der Waals surface area contributed by atoms with Gasteiger partial charge in [0, 0.05) is 0 Å². The second-order valence-corrected chi connectivity index (χ2v) is 5.86. The molecule has 0 spiro atoms. The van der Waals surface area contributed by atoms with Gasteiger partial charge in [0.1, 0.15) is 12.5 Å². The average Bonchev–Trinajstić information content (AvgIpc) is 2.34. The van der Waals surface area contributed by atoms with Gasteiger partial charge in [0.15, 0.2) is 0 Å². The van der Waals surface area contributed by atoms with E-state index < -0.39 is 32.6 Å². The molecule has 10 nitrogen and oxygen atoms in total. The number of rotatable bonds is 11. The first-order chi connectivity index (χ1) is 9.22. The van der Waals surface area contributed by atoms with Gasteiger partial charge in [-0.25, -0.2) is 4.57 Å². The molecule has 0 rings (SSSR count). The fourth-order valence-corrected chi connectivity index (χ4v) is 2.45. The van der Waals surface area contributed by atoms with Crippen molar-refractivity contribution in [2.75, 3.05) is 6.61 Å². The Balaban J connectivity index is 4.62. The molecule has 0 saturated carbocycles. The molecule has 0 aromatic carbocycles. The molecular formula is C9H27N6O4P. The largest absolute Gasteiger partial charge is 0.478 e. The van der Waals surface area contributed by atoms with E-state index in [-0.39, 0.29) is 6.61 Å². The van der Waals surface area contributed by atoms with Crippen LogP contribution in [0.3, 0.4) is 0 Å². The highest BCUT2D eigenvalue weighted by molar-refractivity contribution is 7.48. The summed E-state index contributed by atoms with van der Waals surface area (Å²) in [4.78, 5) is 0. The number of hydrogen-bond acceptors (Lipinski definition) is 10. The smallest absolute Gasteiger partial charge is 0.313 e. The minimum Gasteiger partial charge on any atom is -0.313 e. The van der Waals surface area contributed by atoms with Gasteiger partial charge >= 0.3 is 7.82 Å². The normalized spacial score (nSPS) is 18.2. The van der Waals surface area contributed by atoms with Crippen molar-refractivity contribution in [1.82, 2.24) is 0 Å². The van der Waals surface area contributed by atoms with Crippen LogP contribution in [0, 0.1) is 0 Å². The molecule has 20 heavy (non-hydrogen) atoms. The first-order valence-electron chi connectivity index (χ1n) is 6.36. The molecule has 122 valence electrons. The molecule has 12 N–H and O–H groups in total. The Kier molecular flexibility index (Phi) is 9.68. The van der Waals surface area contributed by atoms with Gasteiger partial charge in [0.25, 0.3) is 0 Å². The molecule has 2 atom stereocenters. The molecule has 11 heteroatoms. The van der Waals surface area contributed by atoms with Crippen molar-refractivity contribution < 1.29 is 18.1 Å². The van der Waals surface area contributed by atoms with Crippen LogP contribution in [0.1, 0.15) is 26.2 Å². The van der Waals surface area contributed by atoms with Gasteiger partial charge in [0.2, 0.25) is 0 Å². The lowest BCUT2D eigenvalue weighted by Crippen LogP contribution is -2.51. The summed E-state index contributed by atoms with van der Waals surface area (Å²) in [6.45, 7) is 2.16. The predicted octanol–water partition coefficient (Wildman–Crippen LogP) is -1.61. The van der Waals surface area contributed by atoms with Crippen LogP contribution >= 0.6 is 7.82 Å². The van der Waals surface area contributed by atoms with E-state index in [9.17, 15) is 4.57 Å². The monoisotopic (exact) mass is 314 g/mol. The van der Waals surface area contributed by atoms with E-state index >= 15 is 0 Å². The fraction of sp³-hybridized carbons (Fsp3) is 1.00. The third kappa shape index (κ3) is 8.22. The molecule has 0 aromatic heterocycles. The second kappa shape index (κ2) is 9.74. The molecule has 0 aromatic rings. The zero-order chi connectivity index (χ0) is 15.8. The molecule has 0 amide bonds. The Bertz CT molecular complexity index is 286. The van der Waals surface area contributed by atoms with Gasteiger partial charge in [-0.1, -0.05) is 19.8 Å². The number of phosphoric acid groups is 1. The van der Waals surface area contributed by atoms with E-state index in [0.29, 0.717) is 6.42 Å². The number of unbranched alkanes of at least 4 members (excludes halogenated alkanes) is 2. The Hall–Kier alpha value is -0.130. The van der Waals surface area contributed by atoms with E-state index in [4.69, 9.17) is 48.0 Å². The number of hydrogen-bond donors (Lipinski definition) is 6. The summed E-state index contributed by atoms with van der Waals surface area (Å²) < 4.78 is 27.4. The lowest BCUT2D eigenvalue weighted by molar-refractivity contribution is 0.0406. The highest BCUT2D eigenvalue weighted by Crippen LogP contribution is 2.51. The molecule has 0 aliphatic heterocycles. The molecule has 0 radical (unpaired) electrons. The Labute approximate surface area is 119 Å². The van der Waals surface area contributed by atoms with Crippen LogP contribution in [0.25, 0.3) is 0 Å². The maximum absolute atomic E-state index is 12.4. The molecule has 0 aliphatic carbocycles. The van der Waals surface area contributed by atoms with E-state index in [0.717, 1.165) is 12.8 Å². The maximum atomic E-state index is 12.4. The van der Waals surface area contributed by atoms with Gasteiger partial charge in [0.05, 0.1) is 18.9 Å². The Morgan fingerprint density at radius 1 is 0.900 bits per heavy atom. The average molecular weight is 314 g/mol. The molecule has 0 fully saturated rings. The Morgan fingerprint density at radius 2 is 1.35 bits per heavy atom. The quantitative estimate of drug-likeness (QED) is 0.146. The molecule has 0 heterocycles. The van der Waals surface area contributed by atoms with Crippen LogP contribution in [0.5, 0.6) is 0 Å². The zero-order valence-corrected chi connectivity index (χ0v) is 12.6. The van der Waals surface area contributed by atoms with Crippen LogP contribution in [-0.4, -0.2) is 31.4 Å². The molecular weight excluding hydrogens is 287 g/mol. The van der Waals surface area contributed by atoms with Crippen LogP contribution in [0.15, 0.2) is 0 Å². The highest BCUT2D eigenvalue weighted by atomic mass is 31.2. The van der Waals surface area contributed by atoms with E-state index in [2.05, 4.69) is 0 Å². The van der Waals surface area contributed by atoms with Crippen molar-refractivity contribution in [3.63, 3.8) is 0 Å². The van der Waals surface area contributed by atoms with Crippen molar-refractivity contribution in [3.8, 4) is 0 Å². The molecule has 0 saturated heterocycles. The van der Waals surface area contributed by atoms with E-state index in [1.807, 2.05) is 6.92 Å². The predicted molar refractivity (Wildman–Crippen MR) is 75.5 cm³/mol. The van der Waals surface area contributed by atoms with Crippen molar-refractivity contribution in [2.45, 2.75) is 51.0 Å². The van der Waals surface area contributed by atoms with Gasteiger partial charge in [-0.2, -0.15) is 0 Å². The Morgan fingerprint density at radius 3 is 1.70 bits per heavy atom. The van der Waals surface area contributed by atoms with Crippen LogP contribution in [0.2, 0.25) is 0 Å². The van der Waals surface area contributed by atoms with Crippen molar-refractivity contribution >= 4 is 7.82 Å². The summed E-state index contributed by atoms with van der Waals surface area (Å²) in [6, 6.07) is 0. The third-order valence-electron chi connectivity index (χ3n) is 2.26. The van der Waals surface area contributed by atoms with Crippen molar-refractivity contribution in [1.29, 1.82) is 0 Å². The summed E-state index contributed by atoms with van der Waals surface area (Å²) in [7, 11) is -4.05. The molecule has 0 bridgehead atoms. The van der Waals surface area contributed by atoms with Gasteiger partial charge in [-0.3, -0.25) is 13.6 Å². The highest BCUT2D eigenvalue weighted by Gasteiger charge is 2.34. The first-order valence-corrected chi connectivity index (χ1v) is 7.82. The van der Waals surface area contributed by atoms with Crippen LogP contribution in [0.4, 0.5) is 0 Å². The van der Waals surface area contributed by atoms with Gasteiger partial charge in [-0.05, 0) is 6.42 Å². The van der Waals surface area contributed by atoms with E-state index in [1.165, 1.54) is 0 Å². The SMILES string of the molecule is CCCCCOP(=O)(OC(N)C(N)N)OC(N)C(N)N. The number of nitrogens with two attached hydrogens (primary N) is 6. The minimum absolute atomic E-state index is 0.143. The lowest BCUT2D eigenvalue weighted by atomic mass is 10.3. The maximum Gasteiger partial charge on any atom is 0.478 e.